The second-order valence-corrected chi connectivity index (χ2v) is 6.82. The number of azide groups is 1. The van der Waals surface area contributed by atoms with E-state index in [1.54, 1.807) is 13.1 Å². The summed E-state index contributed by atoms with van der Waals surface area (Å²) in [5.41, 5.74) is 9.91. The maximum Gasteiger partial charge on any atom is 0.469 e. The Bertz CT molecular complexity index is 940. The van der Waals surface area contributed by atoms with E-state index in [9.17, 15) is 14.8 Å². The first kappa shape index (κ1) is 19.5. The van der Waals surface area contributed by atoms with Crippen LogP contribution in [-0.2, 0) is 13.8 Å². The highest BCUT2D eigenvalue weighted by Crippen LogP contribution is 2.40. The summed E-state index contributed by atoms with van der Waals surface area (Å²) >= 11 is 0. The third-order valence-electron chi connectivity index (χ3n) is 3.96. The van der Waals surface area contributed by atoms with Crippen molar-refractivity contribution >= 4 is 30.6 Å². The molecule has 0 unspecified atom stereocenters. The molecule has 15 heteroatoms. The van der Waals surface area contributed by atoms with Gasteiger partial charge in [0.05, 0.1) is 12.3 Å². The minimum absolute atomic E-state index is 0.171. The largest absolute Gasteiger partial charge is 0.469 e. The molecule has 0 aromatic carbocycles. The molecule has 2 aromatic heterocycles. The van der Waals surface area contributed by atoms with Crippen molar-refractivity contribution in [1.82, 2.24) is 14.5 Å². The zero-order chi connectivity index (χ0) is 19.8. The van der Waals surface area contributed by atoms with E-state index in [0.717, 1.165) is 0 Å². The Kier molecular flexibility index (Phi) is 5.33. The van der Waals surface area contributed by atoms with Gasteiger partial charge < -0.3 is 30.1 Å². The molecule has 4 atom stereocenters. The zero-order valence-electron chi connectivity index (χ0n) is 13.8. The van der Waals surface area contributed by atoms with Crippen LogP contribution < -0.4 is 5.32 Å². The lowest BCUT2D eigenvalue weighted by molar-refractivity contribution is -0.0495. The third kappa shape index (κ3) is 3.74. The second-order valence-electron chi connectivity index (χ2n) is 5.58. The summed E-state index contributed by atoms with van der Waals surface area (Å²) in [5.74, 6) is -0.171. The molecule has 2 aromatic rings. The lowest BCUT2D eigenvalue weighted by atomic mass is 10.1. The first-order chi connectivity index (χ1) is 12.8. The fraction of sp³-hybridized carbons (Fsp3) is 0.500. The fourth-order valence-electron chi connectivity index (χ4n) is 2.78. The van der Waals surface area contributed by atoms with E-state index in [4.69, 9.17) is 20.1 Å². The second kappa shape index (κ2) is 7.38. The molecule has 0 bridgehead atoms. The minimum Gasteiger partial charge on any atom is -0.387 e. The van der Waals surface area contributed by atoms with Gasteiger partial charge in [0.15, 0.2) is 11.9 Å². The number of aliphatic hydroxyl groups is 2. The molecule has 3 heterocycles. The Morgan fingerprint density at radius 3 is 2.85 bits per heavy atom. The summed E-state index contributed by atoms with van der Waals surface area (Å²) in [6, 6.07) is 1.64. The number of fused-ring (bicyclic) bond motifs is 1. The van der Waals surface area contributed by atoms with Crippen LogP contribution in [0.3, 0.4) is 0 Å². The van der Waals surface area contributed by atoms with Crippen LogP contribution in [0, 0.1) is 0 Å². The molecule has 146 valence electrons. The van der Waals surface area contributed by atoms with E-state index in [2.05, 4.69) is 29.8 Å². The molecule has 0 saturated carbocycles. The molecule has 3 rings (SSSR count). The van der Waals surface area contributed by atoms with Gasteiger partial charge in [-0.2, -0.15) is 0 Å². The van der Waals surface area contributed by atoms with Crippen molar-refractivity contribution in [3.8, 4) is 0 Å². The summed E-state index contributed by atoms with van der Waals surface area (Å²) in [6.07, 6.45) is -4.12. The standard InChI is InChI=1S/C12H16N7O7P/c1-14-5-2-3-15-10-7(5)16-12(17-18-13)19(10)11-9(21)8(20)6(26-11)4-25-27(22,23)24/h2-3,6,8-9,11,20-21H,4H2,1H3,(H,14,15)(H2,22,23,24)/t6-,8-,9-,11-/m1/s1. The summed E-state index contributed by atoms with van der Waals surface area (Å²) in [6.45, 7) is -0.669. The first-order valence-corrected chi connectivity index (χ1v) is 9.11. The normalized spacial score (nSPS) is 25.5. The van der Waals surface area contributed by atoms with Crippen LogP contribution in [-0.4, -0.2) is 66.5 Å². The number of aromatic nitrogens is 3. The molecule has 14 nitrogen and oxygen atoms in total. The van der Waals surface area contributed by atoms with E-state index in [0.29, 0.717) is 11.2 Å². The predicted molar refractivity (Wildman–Crippen MR) is 89.8 cm³/mol. The summed E-state index contributed by atoms with van der Waals surface area (Å²) in [4.78, 5) is 28.6. The van der Waals surface area contributed by atoms with Crippen molar-refractivity contribution in [2.75, 3.05) is 19.0 Å². The molecule has 1 fully saturated rings. The molecule has 27 heavy (non-hydrogen) atoms. The number of rotatable bonds is 6. The number of nitrogens with one attached hydrogen (secondary N) is 1. The van der Waals surface area contributed by atoms with Gasteiger partial charge in [-0.3, -0.25) is 9.09 Å². The van der Waals surface area contributed by atoms with Crippen LogP contribution in [0.1, 0.15) is 6.23 Å². The smallest absolute Gasteiger partial charge is 0.387 e. The van der Waals surface area contributed by atoms with Crippen LogP contribution in [0.4, 0.5) is 11.6 Å². The van der Waals surface area contributed by atoms with Gasteiger partial charge in [0.25, 0.3) is 0 Å². The van der Waals surface area contributed by atoms with Crippen LogP contribution in [0.25, 0.3) is 21.6 Å². The number of phosphoric ester groups is 1. The summed E-state index contributed by atoms with van der Waals surface area (Å²) < 4.78 is 21.9. The van der Waals surface area contributed by atoms with Gasteiger partial charge in [0.1, 0.15) is 23.8 Å². The van der Waals surface area contributed by atoms with Gasteiger partial charge in [0.2, 0.25) is 5.95 Å². The zero-order valence-corrected chi connectivity index (χ0v) is 14.7. The van der Waals surface area contributed by atoms with E-state index < -0.39 is 39.0 Å². The lowest BCUT2D eigenvalue weighted by Crippen LogP contribution is -2.33. The monoisotopic (exact) mass is 401 g/mol. The Hall–Kier alpha value is -2.28. The number of anilines is 1. The van der Waals surface area contributed by atoms with Gasteiger partial charge in [-0.1, -0.05) is 0 Å². The molecular formula is C12H16N7O7P. The first-order valence-electron chi connectivity index (χ1n) is 7.58. The topological polar surface area (TPSA) is 208 Å². The van der Waals surface area contributed by atoms with Crippen LogP contribution in [0.15, 0.2) is 17.4 Å². The number of aliphatic hydroxyl groups excluding tert-OH is 2. The number of ether oxygens (including phenoxy) is 1. The number of hydrogen-bond donors (Lipinski definition) is 5. The lowest BCUT2D eigenvalue weighted by Gasteiger charge is -2.18. The van der Waals surface area contributed by atoms with Crippen LogP contribution >= 0.6 is 7.82 Å². The molecule has 1 aliphatic heterocycles. The Balaban J connectivity index is 2.02. The maximum atomic E-state index is 10.9. The van der Waals surface area contributed by atoms with Crippen molar-refractivity contribution in [3.63, 3.8) is 0 Å². The Morgan fingerprint density at radius 2 is 2.22 bits per heavy atom. The highest BCUT2D eigenvalue weighted by molar-refractivity contribution is 7.46. The summed E-state index contributed by atoms with van der Waals surface area (Å²) in [5, 5.41) is 26.9. The highest BCUT2D eigenvalue weighted by Gasteiger charge is 2.46. The highest BCUT2D eigenvalue weighted by atomic mass is 31.2. The third-order valence-corrected chi connectivity index (χ3v) is 4.45. The summed E-state index contributed by atoms with van der Waals surface area (Å²) in [7, 11) is -3.14. The quantitative estimate of drug-likeness (QED) is 0.191. The number of nitrogens with zero attached hydrogens (tertiary/aromatic N) is 6. The predicted octanol–water partition coefficient (Wildman–Crippen LogP) is 0.143. The number of pyridine rings is 1. The van der Waals surface area contributed by atoms with Crippen molar-refractivity contribution in [1.29, 1.82) is 0 Å². The van der Waals surface area contributed by atoms with Crippen molar-refractivity contribution in [3.05, 3.63) is 22.7 Å². The molecular weight excluding hydrogens is 385 g/mol. The Labute approximate surface area is 151 Å². The van der Waals surface area contributed by atoms with Gasteiger partial charge in [-0.25, -0.2) is 14.5 Å². The van der Waals surface area contributed by atoms with Crippen molar-refractivity contribution in [2.24, 2.45) is 5.11 Å². The van der Waals surface area contributed by atoms with Gasteiger partial charge >= 0.3 is 7.82 Å². The Morgan fingerprint density at radius 1 is 1.48 bits per heavy atom. The van der Waals surface area contributed by atoms with Crippen molar-refractivity contribution in [2.45, 2.75) is 24.5 Å². The number of hydrogen-bond acceptors (Lipinski definition) is 9. The average Bonchev–Trinajstić information content (AvgIpc) is 3.11. The van der Waals surface area contributed by atoms with Gasteiger partial charge in [-0.15, -0.1) is 0 Å². The number of imidazole rings is 1. The van der Waals surface area contributed by atoms with Crippen LogP contribution in [0.2, 0.25) is 0 Å². The SMILES string of the molecule is CNc1ccnc2c1nc(N=[N+]=[N-])n2[C@@H]1O[C@H](COP(=O)(O)O)[C@@H](O)[C@H]1O. The van der Waals surface area contributed by atoms with E-state index in [-0.39, 0.29) is 11.6 Å². The van der Waals surface area contributed by atoms with E-state index in [1.165, 1.54) is 10.8 Å². The van der Waals surface area contributed by atoms with E-state index in [1.807, 2.05) is 0 Å². The molecule has 1 aliphatic rings. The van der Waals surface area contributed by atoms with Crippen LogP contribution in [0.5, 0.6) is 0 Å². The molecule has 0 amide bonds. The van der Waals surface area contributed by atoms with Gasteiger partial charge in [0, 0.05) is 18.2 Å². The maximum absolute atomic E-state index is 10.9. The van der Waals surface area contributed by atoms with Crippen molar-refractivity contribution < 1.29 is 33.8 Å². The molecule has 0 aliphatic carbocycles. The molecule has 1 saturated heterocycles. The number of phosphoric acid groups is 1. The minimum atomic E-state index is -4.79. The van der Waals surface area contributed by atoms with E-state index >= 15 is 0 Å². The van der Waals surface area contributed by atoms with Gasteiger partial charge in [-0.05, 0) is 16.7 Å². The average molecular weight is 401 g/mol. The molecule has 0 radical (unpaired) electrons. The molecule has 0 spiro atoms. The molecule has 5 N–H and O–H groups in total. The fourth-order valence-corrected chi connectivity index (χ4v) is 3.12.